The average Bonchev–Trinajstić information content (AvgIpc) is 2.45. The summed E-state index contributed by atoms with van der Waals surface area (Å²) in [4.78, 5) is 24.7. The Bertz CT molecular complexity index is 610. The van der Waals surface area contributed by atoms with E-state index >= 15 is 0 Å². The lowest BCUT2D eigenvalue weighted by molar-refractivity contribution is -0.139. The number of amides is 2. The number of rotatable bonds is 6. The SMILES string of the molecule is CCN(CC(=O)O)C1CC(NC(=O)Nc2cc(Cl)c(C)c(Cl)c2)C1. The number of halogens is 2. The molecule has 0 aromatic heterocycles. The van der Waals surface area contributed by atoms with Crippen molar-refractivity contribution in [1.82, 2.24) is 10.2 Å². The van der Waals surface area contributed by atoms with Crippen molar-refractivity contribution in [2.75, 3.05) is 18.4 Å². The van der Waals surface area contributed by atoms with E-state index < -0.39 is 5.97 Å². The number of benzene rings is 1. The van der Waals surface area contributed by atoms with Crippen LogP contribution in [-0.2, 0) is 4.79 Å². The maximum atomic E-state index is 12.0. The molecule has 1 saturated carbocycles. The monoisotopic (exact) mass is 373 g/mol. The second-order valence-corrected chi connectivity index (χ2v) is 6.76. The number of carbonyl (C=O) groups is 2. The molecule has 0 atom stereocenters. The van der Waals surface area contributed by atoms with Crippen LogP contribution in [0.15, 0.2) is 12.1 Å². The summed E-state index contributed by atoms with van der Waals surface area (Å²) in [6.07, 6.45) is 1.48. The zero-order valence-electron chi connectivity index (χ0n) is 13.6. The number of likely N-dealkylation sites (N-methyl/N-ethyl adjacent to an activating group) is 1. The van der Waals surface area contributed by atoms with Gasteiger partial charge in [0.15, 0.2) is 0 Å². The van der Waals surface area contributed by atoms with Crippen molar-refractivity contribution in [3.63, 3.8) is 0 Å². The fraction of sp³-hybridized carbons (Fsp3) is 0.500. The topological polar surface area (TPSA) is 81.7 Å². The predicted molar refractivity (Wildman–Crippen MR) is 95.0 cm³/mol. The highest BCUT2D eigenvalue weighted by Gasteiger charge is 2.34. The van der Waals surface area contributed by atoms with E-state index in [4.69, 9.17) is 28.3 Å². The van der Waals surface area contributed by atoms with Gasteiger partial charge in [0.2, 0.25) is 0 Å². The molecular weight excluding hydrogens is 353 g/mol. The quantitative estimate of drug-likeness (QED) is 0.713. The Morgan fingerprint density at radius 2 is 1.88 bits per heavy atom. The van der Waals surface area contributed by atoms with Gasteiger partial charge in [0.05, 0.1) is 6.54 Å². The summed E-state index contributed by atoms with van der Waals surface area (Å²) in [5.41, 5.74) is 1.30. The third-order valence-electron chi connectivity index (χ3n) is 4.25. The second kappa shape index (κ2) is 8.05. The highest BCUT2D eigenvalue weighted by Crippen LogP contribution is 2.29. The van der Waals surface area contributed by atoms with E-state index in [1.807, 2.05) is 11.8 Å². The molecule has 6 nitrogen and oxygen atoms in total. The molecule has 8 heteroatoms. The molecule has 0 radical (unpaired) electrons. The maximum absolute atomic E-state index is 12.0. The van der Waals surface area contributed by atoms with Crippen molar-refractivity contribution < 1.29 is 14.7 Å². The normalized spacial score (nSPS) is 19.7. The zero-order chi connectivity index (χ0) is 17.9. The number of nitrogens with zero attached hydrogens (tertiary/aromatic N) is 1. The van der Waals surface area contributed by atoms with E-state index in [9.17, 15) is 9.59 Å². The number of carbonyl (C=O) groups excluding carboxylic acids is 1. The van der Waals surface area contributed by atoms with Crippen LogP contribution in [0, 0.1) is 6.92 Å². The second-order valence-electron chi connectivity index (χ2n) is 5.94. The molecule has 0 spiro atoms. The predicted octanol–water partition coefficient (Wildman–Crippen LogP) is 3.36. The van der Waals surface area contributed by atoms with E-state index in [0.29, 0.717) is 22.3 Å². The van der Waals surface area contributed by atoms with Crippen molar-refractivity contribution in [2.45, 2.75) is 38.8 Å². The lowest BCUT2D eigenvalue weighted by Crippen LogP contribution is -2.55. The Kier molecular flexibility index (Phi) is 6.32. The Labute approximate surface area is 151 Å². The fourth-order valence-electron chi connectivity index (χ4n) is 2.75. The van der Waals surface area contributed by atoms with Gasteiger partial charge in [0.25, 0.3) is 0 Å². The summed E-state index contributed by atoms with van der Waals surface area (Å²) in [6.45, 7) is 4.44. The Morgan fingerprint density at radius 3 is 2.38 bits per heavy atom. The van der Waals surface area contributed by atoms with Gasteiger partial charge in [0, 0.05) is 27.8 Å². The van der Waals surface area contributed by atoms with Crippen molar-refractivity contribution in [2.24, 2.45) is 0 Å². The molecule has 0 unspecified atom stereocenters. The minimum Gasteiger partial charge on any atom is -0.480 e. The number of hydrogen-bond acceptors (Lipinski definition) is 3. The first-order valence-corrected chi connectivity index (χ1v) is 8.54. The minimum atomic E-state index is -0.834. The van der Waals surface area contributed by atoms with Crippen molar-refractivity contribution in [3.8, 4) is 0 Å². The standard InChI is InChI=1S/C16H21Cl2N3O3/c1-3-21(8-15(22)23)12-4-10(5-12)19-16(24)20-11-6-13(17)9(2)14(18)7-11/h6-7,10,12H,3-5,8H2,1-2H3,(H,22,23)(H2,19,20,24). The Balaban J connectivity index is 1.82. The first-order valence-electron chi connectivity index (χ1n) is 7.79. The lowest BCUT2D eigenvalue weighted by Gasteiger charge is -2.42. The van der Waals surface area contributed by atoms with Crippen LogP contribution in [0.3, 0.4) is 0 Å². The molecule has 0 saturated heterocycles. The Hall–Kier alpha value is -1.50. The number of urea groups is 1. The van der Waals surface area contributed by atoms with Gasteiger partial charge < -0.3 is 15.7 Å². The van der Waals surface area contributed by atoms with Gasteiger partial charge in [0.1, 0.15) is 0 Å². The number of nitrogens with one attached hydrogen (secondary N) is 2. The molecule has 0 aliphatic heterocycles. The molecule has 24 heavy (non-hydrogen) atoms. The van der Waals surface area contributed by atoms with E-state index in [1.165, 1.54) is 0 Å². The van der Waals surface area contributed by atoms with Gasteiger partial charge in [-0.1, -0.05) is 30.1 Å². The first-order chi connectivity index (χ1) is 11.3. The van der Waals surface area contributed by atoms with Crippen LogP contribution in [0.2, 0.25) is 10.0 Å². The molecule has 0 heterocycles. The minimum absolute atomic E-state index is 0.0282. The van der Waals surface area contributed by atoms with Crippen molar-refractivity contribution in [3.05, 3.63) is 27.7 Å². The van der Waals surface area contributed by atoms with Crippen LogP contribution in [0.25, 0.3) is 0 Å². The third kappa shape index (κ3) is 4.75. The number of hydrogen-bond donors (Lipinski definition) is 3. The van der Waals surface area contributed by atoms with E-state index in [1.54, 1.807) is 19.1 Å². The van der Waals surface area contributed by atoms with Crippen LogP contribution >= 0.6 is 23.2 Å². The molecule has 1 fully saturated rings. The largest absolute Gasteiger partial charge is 0.480 e. The van der Waals surface area contributed by atoms with Gasteiger partial charge in [-0.3, -0.25) is 9.69 Å². The molecule has 1 aliphatic carbocycles. The molecule has 3 N–H and O–H groups in total. The number of carboxylic acids is 1. The van der Waals surface area contributed by atoms with E-state index in [0.717, 1.165) is 18.4 Å². The fourth-order valence-corrected chi connectivity index (χ4v) is 3.23. The molecule has 2 amide bonds. The summed E-state index contributed by atoms with van der Waals surface area (Å²) >= 11 is 12.1. The van der Waals surface area contributed by atoms with Crippen LogP contribution in [-0.4, -0.2) is 47.2 Å². The third-order valence-corrected chi connectivity index (χ3v) is 5.03. The van der Waals surface area contributed by atoms with Crippen LogP contribution in [0.5, 0.6) is 0 Å². The van der Waals surface area contributed by atoms with Gasteiger partial charge in [-0.15, -0.1) is 0 Å². The molecule has 2 rings (SSSR count). The smallest absolute Gasteiger partial charge is 0.319 e. The van der Waals surface area contributed by atoms with E-state index in [-0.39, 0.29) is 24.7 Å². The van der Waals surface area contributed by atoms with Crippen LogP contribution in [0.1, 0.15) is 25.3 Å². The molecule has 132 valence electrons. The van der Waals surface area contributed by atoms with Crippen molar-refractivity contribution in [1.29, 1.82) is 0 Å². The summed E-state index contributed by atoms with van der Waals surface area (Å²) in [5.74, 6) is -0.834. The first kappa shape index (κ1) is 18.8. The molecular formula is C16H21Cl2N3O3. The molecule has 1 aromatic carbocycles. The summed E-state index contributed by atoms with van der Waals surface area (Å²) in [7, 11) is 0. The highest BCUT2D eigenvalue weighted by atomic mass is 35.5. The lowest BCUT2D eigenvalue weighted by atomic mass is 9.85. The maximum Gasteiger partial charge on any atom is 0.319 e. The van der Waals surface area contributed by atoms with E-state index in [2.05, 4.69) is 10.6 Å². The van der Waals surface area contributed by atoms with Gasteiger partial charge in [-0.05, 0) is 44.0 Å². The summed E-state index contributed by atoms with van der Waals surface area (Å²) in [5, 5.41) is 15.5. The Morgan fingerprint density at radius 1 is 1.29 bits per heavy atom. The zero-order valence-corrected chi connectivity index (χ0v) is 15.1. The molecule has 0 bridgehead atoms. The van der Waals surface area contributed by atoms with Gasteiger partial charge in [-0.25, -0.2) is 4.79 Å². The van der Waals surface area contributed by atoms with Gasteiger partial charge in [-0.2, -0.15) is 0 Å². The molecule has 1 aromatic rings. The highest BCUT2D eigenvalue weighted by molar-refractivity contribution is 6.36. The van der Waals surface area contributed by atoms with Crippen LogP contribution in [0.4, 0.5) is 10.5 Å². The van der Waals surface area contributed by atoms with Gasteiger partial charge >= 0.3 is 12.0 Å². The summed E-state index contributed by atoms with van der Waals surface area (Å²) in [6, 6.07) is 3.21. The average molecular weight is 374 g/mol. The number of anilines is 1. The van der Waals surface area contributed by atoms with Crippen LogP contribution < -0.4 is 10.6 Å². The summed E-state index contributed by atoms with van der Waals surface area (Å²) < 4.78 is 0. The molecule has 1 aliphatic rings. The van der Waals surface area contributed by atoms with Crippen molar-refractivity contribution >= 4 is 40.9 Å². The number of carboxylic acid groups (broad SMARTS) is 1. The number of aliphatic carboxylic acids is 1.